The minimum absolute atomic E-state index is 0.0355. The molecule has 0 spiro atoms. The first-order valence-corrected chi connectivity index (χ1v) is 7.68. The Hall–Kier alpha value is -2.09. The van der Waals surface area contributed by atoms with Gasteiger partial charge < -0.3 is 15.5 Å². The van der Waals surface area contributed by atoms with E-state index in [4.69, 9.17) is 5.11 Å². The Labute approximate surface area is 115 Å². The summed E-state index contributed by atoms with van der Waals surface area (Å²) >= 11 is 0. The lowest BCUT2D eigenvalue weighted by atomic mass is 10.1. The molecule has 1 aliphatic heterocycles. The van der Waals surface area contributed by atoms with Gasteiger partial charge in [0.25, 0.3) is 0 Å². The summed E-state index contributed by atoms with van der Waals surface area (Å²) in [5.41, 5.74) is -0.128. The maximum Gasteiger partial charge on any atom is 0.335 e. The smallest absolute Gasteiger partial charge is 0.335 e. The molecule has 0 saturated carbocycles. The molecule has 1 fully saturated rings. The van der Waals surface area contributed by atoms with Crippen molar-refractivity contribution >= 4 is 27.4 Å². The first-order valence-electron chi connectivity index (χ1n) is 5.86. The zero-order valence-electron chi connectivity index (χ0n) is 10.4. The lowest BCUT2D eigenvalue weighted by Crippen LogP contribution is -2.23. The lowest BCUT2D eigenvalue weighted by molar-refractivity contribution is -0.119. The predicted octanol–water partition coefficient (Wildman–Crippen LogP) is 0.464. The van der Waals surface area contributed by atoms with Gasteiger partial charge in [0.2, 0.25) is 5.91 Å². The molecule has 108 valence electrons. The summed E-state index contributed by atoms with van der Waals surface area (Å²) < 4.78 is 22.6. The van der Waals surface area contributed by atoms with Crippen molar-refractivity contribution in [3.8, 4) is 5.75 Å². The molecule has 1 aliphatic rings. The molecule has 0 radical (unpaired) electrons. The number of aromatic carboxylic acids is 1. The van der Waals surface area contributed by atoms with Gasteiger partial charge in [-0.3, -0.25) is 4.79 Å². The summed E-state index contributed by atoms with van der Waals surface area (Å²) in [6.07, 6.45) is 0.230. The molecule has 1 heterocycles. The van der Waals surface area contributed by atoms with Crippen LogP contribution in [-0.4, -0.2) is 42.0 Å². The predicted molar refractivity (Wildman–Crippen MR) is 70.5 cm³/mol. The van der Waals surface area contributed by atoms with Gasteiger partial charge in [0.05, 0.1) is 28.7 Å². The average molecular weight is 299 g/mol. The van der Waals surface area contributed by atoms with Crippen LogP contribution in [0.1, 0.15) is 16.8 Å². The zero-order chi connectivity index (χ0) is 14.9. The number of rotatable bonds is 3. The highest BCUT2D eigenvalue weighted by Crippen LogP contribution is 2.26. The molecule has 1 unspecified atom stereocenters. The van der Waals surface area contributed by atoms with Crippen LogP contribution in [0.15, 0.2) is 18.2 Å². The number of phenolic OH excluding ortho intramolecular Hbond substituents is 1. The minimum atomic E-state index is -3.18. The Morgan fingerprint density at radius 3 is 2.55 bits per heavy atom. The van der Waals surface area contributed by atoms with Crippen LogP contribution >= 0.6 is 0 Å². The van der Waals surface area contributed by atoms with Gasteiger partial charge in [-0.05, 0) is 24.6 Å². The van der Waals surface area contributed by atoms with Crippen molar-refractivity contribution in [3.05, 3.63) is 23.8 Å². The standard InChI is InChI=1S/C12H13NO6S/c14-10-2-1-7(12(16)17)5-9(10)13-11(15)8-3-4-20(18,19)6-8/h1-2,5,8,14H,3-4,6H2,(H,13,15)(H,16,17). The number of sulfone groups is 1. The number of nitrogens with one attached hydrogen (secondary N) is 1. The number of hydrogen-bond acceptors (Lipinski definition) is 5. The molecular formula is C12H13NO6S. The molecule has 0 aromatic heterocycles. The van der Waals surface area contributed by atoms with Crippen LogP contribution in [-0.2, 0) is 14.6 Å². The lowest BCUT2D eigenvalue weighted by Gasteiger charge is -2.11. The first-order chi connectivity index (χ1) is 9.28. The van der Waals surface area contributed by atoms with E-state index in [9.17, 15) is 23.1 Å². The quantitative estimate of drug-likeness (QED) is 0.697. The van der Waals surface area contributed by atoms with E-state index in [-0.39, 0.29) is 34.9 Å². The monoisotopic (exact) mass is 299 g/mol. The number of anilines is 1. The fourth-order valence-corrected chi connectivity index (χ4v) is 3.75. The second kappa shape index (κ2) is 5.12. The number of aromatic hydroxyl groups is 1. The SMILES string of the molecule is O=C(O)c1ccc(O)c(NC(=O)C2CCS(=O)(=O)C2)c1. The number of carboxylic acids is 1. The van der Waals surface area contributed by atoms with E-state index in [0.717, 1.165) is 12.1 Å². The Morgan fingerprint density at radius 1 is 1.30 bits per heavy atom. The normalized spacial score (nSPS) is 20.5. The third kappa shape index (κ3) is 3.08. The second-order valence-electron chi connectivity index (χ2n) is 4.63. The van der Waals surface area contributed by atoms with Crippen molar-refractivity contribution in [2.45, 2.75) is 6.42 Å². The number of carbonyl (C=O) groups is 2. The summed E-state index contributed by atoms with van der Waals surface area (Å²) in [6, 6.07) is 3.48. The van der Waals surface area contributed by atoms with Crippen molar-refractivity contribution in [3.63, 3.8) is 0 Å². The van der Waals surface area contributed by atoms with Crippen molar-refractivity contribution in [1.29, 1.82) is 0 Å². The topological polar surface area (TPSA) is 121 Å². The Balaban J connectivity index is 2.16. The number of amides is 1. The third-order valence-electron chi connectivity index (χ3n) is 3.10. The fourth-order valence-electron chi connectivity index (χ4n) is 2.01. The van der Waals surface area contributed by atoms with E-state index in [1.165, 1.54) is 6.07 Å². The molecule has 1 amide bonds. The first kappa shape index (κ1) is 14.3. The summed E-state index contributed by atoms with van der Waals surface area (Å²) in [6.45, 7) is 0. The van der Waals surface area contributed by atoms with Gasteiger partial charge >= 0.3 is 5.97 Å². The number of benzene rings is 1. The molecule has 7 nitrogen and oxygen atoms in total. The van der Waals surface area contributed by atoms with Crippen LogP contribution in [0.4, 0.5) is 5.69 Å². The van der Waals surface area contributed by atoms with Crippen molar-refractivity contribution in [2.75, 3.05) is 16.8 Å². The molecule has 20 heavy (non-hydrogen) atoms. The van der Waals surface area contributed by atoms with E-state index in [2.05, 4.69) is 5.32 Å². The van der Waals surface area contributed by atoms with Crippen molar-refractivity contribution in [2.24, 2.45) is 5.92 Å². The van der Waals surface area contributed by atoms with E-state index in [0.29, 0.717) is 0 Å². The van der Waals surface area contributed by atoms with Gasteiger partial charge in [0.15, 0.2) is 9.84 Å². The maximum absolute atomic E-state index is 11.9. The van der Waals surface area contributed by atoms with Gasteiger partial charge in [0.1, 0.15) is 5.75 Å². The van der Waals surface area contributed by atoms with Crippen molar-refractivity contribution < 1.29 is 28.2 Å². The Kier molecular flexibility index (Phi) is 3.67. The van der Waals surface area contributed by atoms with E-state index >= 15 is 0 Å². The van der Waals surface area contributed by atoms with E-state index in [1.54, 1.807) is 0 Å². The van der Waals surface area contributed by atoms with Crippen LogP contribution in [0, 0.1) is 5.92 Å². The molecule has 2 rings (SSSR count). The van der Waals surface area contributed by atoms with Gasteiger partial charge in [-0.25, -0.2) is 13.2 Å². The van der Waals surface area contributed by atoms with Gasteiger partial charge in [0, 0.05) is 0 Å². The van der Waals surface area contributed by atoms with Gasteiger partial charge in [-0.15, -0.1) is 0 Å². The fraction of sp³-hybridized carbons (Fsp3) is 0.333. The molecule has 1 aromatic carbocycles. The summed E-state index contributed by atoms with van der Waals surface area (Å²) in [7, 11) is -3.18. The molecule has 0 bridgehead atoms. The third-order valence-corrected chi connectivity index (χ3v) is 4.87. The number of hydrogen-bond donors (Lipinski definition) is 3. The molecule has 1 atom stereocenters. The molecule has 8 heteroatoms. The maximum atomic E-state index is 11.9. The van der Waals surface area contributed by atoms with Gasteiger partial charge in [-0.2, -0.15) is 0 Å². The van der Waals surface area contributed by atoms with E-state index < -0.39 is 27.6 Å². The molecule has 3 N–H and O–H groups in total. The number of phenols is 1. The van der Waals surface area contributed by atoms with Crippen LogP contribution in [0.5, 0.6) is 5.75 Å². The van der Waals surface area contributed by atoms with Crippen LogP contribution in [0.3, 0.4) is 0 Å². The zero-order valence-corrected chi connectivity index (χ0v) is 11.2. The number of carboxylic acid groups (broad SMARTS) is 1. The highest BCUT2D eigenvalue weighted by molar-refractivity contribution is 7.91. The van der Waals surface area contributed by atoms with Crippen LogP contribution in [0.2, 0.25) is 0 Å². The molecule has 1 aromatic rings. The summed E-state index contributed by atoms with van der Waals surface area (Å²) in [5.74, 6) is -2.94. The van der Waals surface area contributed by atoms with Crippen LogP contribution < -0.4 is 5.32 Å². The molecular weight excluding hydrogens is 286 g/mol. The Morgan fingerprint density at radius 2 is 2.00 bits per heavy atom. The average Bonchev–Trinajstić information content (AvgIpc) is 2.72. The van der Waals surface area contributed by atoms with Crippen LogP contribution in [0.25, 0.3) is 0 Å². The number of carbonyl (C=O) groups excluding carboxylic acids is 1. The minimum Gasteiger partial charge on any atom is -0.506 e. The summed E-state index contributed by atoms with van der Waals surface area (Å²) in [4.78, 5) is 22.7. The largest absolute Gasteiger partial charge is 0.506 e. The highest BCUT2D eigenvalue weighted by Gasteiger charge is 2.33. The van der Waals surface area contributed by atoms with Gasteiger partial charge in [-0.1, -0.05) is 0 Å². The van der Waals surface area contributed by atoms with Crippen molar-refractivity contribution in [1.82, 2.24) is 0 Å². The van der Waals surface area contributed by atoms with E-state index in [1.807, 2.05) is 0 Å². The Bertz CT molecular complexity index is 667. The molecule has 0 aliphatic carbocycles. The summed E-state index contributed by atoms with van der Waals surface area (Å²) in [5, 5.41) is 20.8. The second-order valence-corrected chi connectivity index (χ2v) is 6.86. The highest BCUT2D eigenvalue weighted by atomic mass is 32.2. The molecule has 1 saturated heterocycles.